The highest BCUT2D eigenvalue weighted by Crippen LogP contribution is 2.31. The van der Waals surface area contributed by atoms with Crippen molar-refractivity contribution < 1.29 is 28.6 Å². The zero-order valence-electron chi connectivity index (χ0n) is 21.1. The minimum Gasteiger partial charge on any atom is -0.505 e. The molecule has 0 bridgehead atoms. The number of furan rings is 1. The van der Waals surface area contributed by atoms with Gasteiger partial charge in [0.05, 0.1) is 37.1 Å². The van der Waals surface area contributed by atoms with E-state index in [0.717, 1.165) is 5.76 Å². The van der Waals surface area contributed by atoms with E-state index < -0.39 is 28.8 Å². The molecule has 3 N–H and O–H groups in total. The van der Waals surface area contributed by atoms with E-state index in [-0.39, 0.29) is 67.2 Å². The van der Waals surface area contributed by atoms with E-state index in [4.69, 9.17) is 13.9 Å². The number of ether oxygens (including phenoxy) is 2. The molecule has 1 aromatic carbocycles. The first-order valence-electron chi connectivity index (χ1n) is 12.4. The van der Waals surface area contributed by atoms with Gasteiger partial charge in [-0.25, -0.2) is 4.79 Å². The number of morpholine rings is 1. The van der Waals surface area contributed by atoms with Crippen LogP contribution < -0.4 is 21.5 Å². The highest BCUT2D eigenvalue weighted by Gasteiger charge is 2.37. The summed E-state index contributed by atoms with van der Waals surface area (Å²) in [5.74, 6) is -0.0549. The monoisotopic (exact) mass is 513 g/mol. The number of esters is 1. The van der Waals surface area contributed by atoms with Gasteiger partial charge in [-0.3, -0.25) is 14.4 Å². The van der Waals surface area contributed by atoms with Crippen LogP contribution in [-0.2, 0) is 19.1 Å². The average molecular weight is 514 g/mol. The largest absolute Gasteiger partial charge is 0.505 e. The Morgan fingerprint density at radius 1 is 1.22 bits per heavy atom. The lowest BCUT2D eigenvalue weighted by Gasteiger charge is -2.35. The molecule has 1 aliphatic heterocycles. The van der Waals surface area contributed by atoms with Crippen LogP contribution in [0.25, 0.3) is 0 Å². The van der Waals surface area contributed by atoms with E-state index in [2.05, 4.69) is 10.6 Å². The van der Waals surface area contributed by atoms with Crippen LogP contribution in [0.3, 0.4) is 0 Å². The van der Waals surface area contributed by atoms with Crippen LogP contribution in [0.2, 0.25) is 0 Å². The SMILES string of the molecule is CCOC(=O)C1COCCN1C(=O)C1=C(O)C(Nc2c(N[C@H](CC)c3ccc(C)o3)c(=O)c2=O)=CCC1. The lowest BCUT2D eigenvalue weighted by Crippen LogP contribution is -2.53. The standard InChI is InChI=1S/C26H31N3O8/c1-4-16(19-10-9-14(3)37-19)27-20-21(24(32)23(20)31)28-17-8-6-7-15(22(17)30)25(33)29-11-12-35-13-18(29)26(34)36-5-2/h8-10,16,18,27-28,30H,4-7,11-13H2,1-3H3/t16-,18?/m1/s1. The van der Waals surface area contributed by atoms with Gasteiger partial charge in [-0.2, -0.15) is 0 Å². The lowest BCUT2D eigenvalue weighted by atomic mass is 9.98. The molecule has 11 heteroatoms. The summed E-state index contributed by atoms with van der Waals surface area (Å²) in [4.78, 5) is 51.8. The van der Waals surface area contributed by atoms with Gasteiger partial charge in [0.25, 0.3) is 16.8 Å². The molecule has 2 aromatic rings. The summed E-state index contributed by atoms with van der Waals surface area (Å²) in [5.41, 5.74) is -1.05. The number of carbonyl (C=O) groups excluding carboxylic acids is 2. The van der Waals surface area contributed by atoms with E-state index in [9.17, 15) is 24.3 Å². The number of amides is 1. The molecule has 2 aliphatic rings. The second kappa shape index (κ2) is 11.0. The number of nitrogens with one attached hydrogen (secondary N) is 2. The van der Waals surface area contributed by atoms with Gasteiger partial charge in [0, 0.05) is 6.54 Å². The molecule has 1 fully saturated rings. The molecule has 4 rings (SSSR count). The second-order valence-corrected chi connectivity index (χ2v) is 8.91. The van der Waals surface area contributed by atoms with Crippen LogP contribution in [0.15, 0.2) is 49.2 Å². The number of nitrogens with zero attached hydrogens (tertiary/aromatic N) is 1. The number of hydrogen-bond acceptors (Lipinski definition) is 10. The molecule has 1 unspecified atom stereocenters. The molecule has 0 saturated carbocycles. The molecule has 37 heavy (non-hydrogen) atoms. The molecule has 1 aromatic heterocycles. The second-order valence-electron chi connectivity index (χ2n) is 8.91. The van der Waals surface area contributed by atoms with Crippen molar-refractivity contribution in [1.29, 1.82) is 0 Å². The quantitative estimate of drug-likeness (QED) is 0.337. The van der Waals surface area contributed by atoms with E-state index in [1.54, 1.807) is 19.1 Å². The third-order valence-electron chi connectivity index (χ3n) is 6.49. The molecular weight excluding hydrogens is 482 g/mol. The van der Waals surface area contributed by atoms with Gasteiger partial charge >= 0.3 is 5.97 Å². The minimum atomic E-state index is -0.913. The molecule has 198 valence electrons. The maximum absolute atomic E-state index is 13.4. The Labute approximate surface area is 213 Å². The molecule has 0 spiro atoms. The van der Waals surface area contributed by atoms with Crippen molar-refractivity contribution in [1.82, 2.24) is 4.90 Å². The predicted octanol–water partition coefficient (Wildman–Crippen LogP) is 2.44. The number of carbonyl (C=O) groups is 2. The molecule has 2 atom stereocenters. The Kier molecular flexibility index (Phi) is 7.82. The Morgan fingerprint density at radius 3 is 2.65 bits per heavy atom. The van der Waals surface area contributed by atoms with Crippen molar-refractivity contribution in [2.75, 3.05) is 37.0 Å². The van der Waals surface area contributed by atoms with Gasteiger partial charge in [0.2, 0.25) is 0 Å². The number of aliphatic hydroxyl groups is 1. The summed E-state index contributed by atoms with van der Waals surface area (Å²) < 4.78 is 16.1. The summed E-state index contributed by atoms with van der Waals surface area (Å²) in [6.07, 6.45) is 2.90. The van der Waals surface area contributed by atoms with Gasteiger partial charge < -0.3 is 34.5 Å². The highest BCUT2D eigenvalue weighted by atomic mass is 16.5. The topological polar surface area (TPSA) is 147 Å². The Bertz CT molecular complexity index is 1310. The fourth-order valence-corrected chi connectivity index (χ4v) is 4.48. The predicted molar refractivity (Wildman–Crippen MR) is 135 cm³/mol. The van der Waals surface area contributed by atoms with E-state index in [0.29, 0.717) is 18.6 Å². The van der Waals surface area contributed by atoms with Crippen LogP contribution in [0.5, 0.6) is 0 Å². The van der Waals surface area contributed by atoms with E-state index in [1.807, 2.05) is 19.9 Å². The zero-order chi connectivity index (χ0) is 26.7. The molecule has 1 saturated heterocycles. The van der Waals surface area contributed by atoms with Gasteiger partial charge in [0.15, 0.2) is 6.04 Å². The molecular formula is C26H31N3O8. The van der Waals surface area contributed by atoms with Gasteiger partial charge in [-0.1, -0.05) is 13.0 Å². The minimum absolute atomic E-state index is 0.00583. The third-order valence-corrected chi connectivity index (χ3v) is 6.49. The summed E-state index contributed by atoms with van der Waals surface area (Å²) in [5, 5.41) is 16.9. The van der Waals surface area contributed by atoms with Crippen LogP contribution in [0.1, 0.15) is 50.7 Å². The molecule has 1 amide bonds. The Hall–Kier alpha value is -3.86. The lowest BCUT2D eigenvalue weighted by molar-refractivity contribution is -0.161. The maximum Gasteiger partial charge on any atom is 0.331 e. The summed E-state index contributed by atoms with van der Waals surface area (Å²) in [7, 11) is 0. The Morgan fingerprint density at radius 2 is 1.97 bits per heavy atom. The van der Waals surface area contributed by atoms with Crippen molar-refractivity contribution in [2.45, 2.75) is 52.1 Å². The first-order chi connectivity index (χ1) is 17.8. The van der Waals surface area contributed by atoms with E-state index in [1.165, 1.54) is 4.90 Å². The summed E-state index contributed by atoms with van der Waals surface area (Å²) >= 11 is 0. The maximum atomic E-state index is 13.4. The number of rotatable bonds is 9. The van der Waals surface area contributed by atoms with Crippen molar-refractivity contribution in [3.63, 3.8) is 0 Å². The van der Waals surface area contributed by atoms with Crippen LogP contribution in [0, 0.1) is 6.92 Å². The molecule has 0 radical (unpaired) electrons. The summed E-state index contributed by atoms with van der Waals surface area (Å²) in [6, 6.07) is 2.38. The van der Waals surface area contributed by atoms with Gasteiger partial charge in [-0.05, 0) is 45.2 Å². The molecule has 2 heterocycles. The first-order valence-corrected chi connectivity index (χ1v) is 12.4. The van der Waals surface area contributed by atoms with Gasteiger partial charge in [0.1, 0.15) is 28.7 Å². The van der Waals surface area contributed by atoms with E-state index >= 15 is 0 Å². The summed E-state index contributed by atoms with van der Waals surface area (Å²) in [6.45, 7) is 6.00. The van der Waals surface area contributed by atoms with Crippen LogP contribution >= 0.6 is 0 Å². The fraction of sp³-hybridized carbons (Fsp3) is 0.462. The number of hydrogen-bond donors (Lipinski definition) is 3. The Balaban J connectivity index is 1.55. The van der Waals surface area contributed by atoms with Crippen molar-refractivity contribution in [3.8, 4) is 0 Å². The number of allylic oxidation sites excluding steroid dienone is 1. The first kappa shape index (κ1) is 26.2. The van der Waals surface area contributed by atoms with Crippen molar-refractivity contribution in [3.05, 3.63) is 67.2 Å². The van der Waals surface area contributed by atoms with Crippen molar-refractivity contribution in [2.24, 2.45) is 0 Å². The molecule has 1 aliphatic carbocycles. The highest BCUT2D eigenvalue weighted by molar-refractivity contribution is 5.98. The van der Waals surface area contributed by atoms with Gasteiger partial charge in [-0.15, -0.1) is 0 Å². The van der Waals surface area contributed by atoms with Crippen LogP contribution in [0.4, 0.5) is 11.4 Å². The smallest absolute Gasteiger partial charge is 0.331 e. The number of anilines is 2. The van der Waals surface area contributed by atoms with Crippen molar-refractivity contribution >= 4 is 23.3 Å². The average Bonchev–Trinajstić information content (AvgIpc) is 3.34. The van der Waals surface area contributed by atoms with Crippen LogP contribution in [-0.4, -0.2) is 54.3 Å². The normalized spacial score (nSPS) is 18.9. The fourth-order valence-electron chi connectivity index (χ4n) is 4.48. The number of aryl methyl sites for hydroxylation is 1. The third kappa shape index (κ3) is 5.17. The molecule has 11 nitrogen and oxygen atoms in total. The number of aliphatic hydroxyl groups excluding tert-OH is 1. The zero-order valence-corrected chi connectivity index (χ0v) is 21.1.